The van der Waals surface area contributed by atoms with Crippen molar-refractivity contribution in [1.29, 1.82) is 0 Å². The van der Waals surface area contributed by atoms with E-state index in [1.54, 1.807) is 7.11 Å². The van der Waals surface area contributed by atoms with Gasteiger partial charge in [-0.1, -0.05) is 11.6 Å². The fourth-order valence-corrected chi connectivity index (χ4v) is 2.25. The summed E-state index contributed by atoms with van der Waals surface area (Å²) in [7, 11) is 1.59. The summed E-state index contributed by atoms with van der Waals surface area (Å²) in [6.45, 7) is 4.40. The van der Waals surface area contributed by atoms with Crippen LogP contribution in [0.25, 0.3) is 0 Å². The van der Waals surface area contributed by atoms with E-state index in [1.807, 2.05) is 19.9 Å². The van der Waals surface area contributed by atoms with E-state index in [0.717, 1.165) is 16.7 Å². The standard InChI is InChI=1S/C12H15ClO3/c1-7-4-9(15-3)10(8(2)11(7)13)12(14)5-16-6-12/h4,14H,5-6H2,1-3H3. The minimum atomic E-state index is -0.952. The van der Waals surface area contributed by atoms with E-state index < -0.39 is 5.60 Å². The van der Waals surface area contributed by atoms with Gasteiger partial charge in [-0.25, -0.2) is 0 Å². The van der Waals surface area contributed by atoms with Crippen LogP contribution in [0.4, 0.5) is 0 Å². The first-order valence-corrected chi connectivity index (χ1v) is 5.51. The van der Waals surface area contributed by atoms with Crippen LogP contribution in [-0.2, 0) is 10.3 Å². The van der Waals surface area contributed by atoms with Crippen LogP contribution in [0.2, 0.25) is 5.02 Å². The van der Waals surface area contributed by atoms with Crippen molar-refractivity contribution >= 4 is 11.6 Å². The minimum absolute atomic E-state index is 0.295. The molecule has 0 radical (unpaired) electrons. The highest BCUT2D eigenvalue weighted by atomic mass is 35.5. The lowest BCUT2D eigenvalue weighted by atomic mass is 9.87. The molecular formula is C12H15ClO3. The van der Waals surface area contributed by atoms with Crippen molar-refractivity contribution in [3.63, 3.8) is 0 Å². The third-order valence-electron chi connectivity index (χ3n) is 3.01. The van der Waals surface area contributed by atoms with Crippen LogP contribution in [0.15, 0.2) is 6.07 Å². The molecule has 1 aliphatic heterocycles. The Balaban J connectivity index is 2.62. The maximum atomic E-state index is 10.3. The normalized spacial score (nSPS) is 18.1. The number of halogens is 1. The lowest BCUT2D eigenvalue weighted by molar-refractivity contribution is -0.185. The van der Waals surface area contributed by atoms with Gasteiger partial charge in [0.05, 0.1) is 20.3 Å². The van der Waals surface area contributed by atoms with Gasteiger partial charge in [-0.3, -0.25) is 0 Å². The van der Waals surface area contributed by atoms with E-state index in [9.17, 15) is 5.11 Å². The smallest absolute Gasteiger partial charge is 0.140 e. The number of hydrogen-bond donors (Lipinski definition) is 1. The molecule has 1 aliphatic rings. The summed E-state index contributed by atoms with van der Waals surface area (Å²) in [5.74, 6) is 0.671. The molecule has 3 nitrogen and oxygen atoms in total. The van der Waals surface area contributed by atoms with Crippen LogP contribution in [-0.4, -0.2) is 25.4 Å². The molecule has 0 saturated carbocycles. The van der Waals surface area contributed by atoms with Gasteiger partial charge >= 0.3 is 0 Å². The summed E-state index contributed by atoms with van der Waals surface area (Å²) in [4.78, 5) is 0. The second kappa shape index (κ2) is 3.91. The third-order valence-corrected chi connectivity index (χ3v) is 3.59. The van der Waals surface area contributed by atoms with Gasteiger partial charge in [0.15, 0.2) is 0 Å². The first-order chi connectivity index (χ1) is 7.49. The van der Waals surface area contributed by atoms with Gasteiger partial charge < -0.3 is 14.6 Å². The zero-order chi connectivity index (χ0) is 11.9. The fourth-order valence-electron chi connectivity index (χ4n) is 2.10. The predicted molar refractivity (Wildman–Crippen MR) is 62.2 cm³/mol. The molecule has 0 amide bonds. The Morgan fingerprint density at radius 1 is 1.44 bits per heavy atom. The van der Waals surface area contributed by atoms with Crippen LogP contribution >= 0.6 is 11.6 Å². The molecule has 2 rings (SSSR count). The summed E-state index contributed by atoms with van der Waals surface area (Å²) in [5.41, 5.74) is 1.61. The van der Waals surface area contributed by atoms with Gasteiger partial charge in [0, 0.05) is 10.6 Å². The molecule has 1 fully saturated rings. The van der Waals surface area contributed by atoms with Crippen molar-refractivity contribution in [2.45, 2.75) is 19.4 Å². The maximum Gasteiger partial charge on any atom is 0.140 e. The SMILES string of the molecule is COc1cc(C)c(Cl)c(C)c1C1(O)COC1. The molecule has 0 aliphatic carbocycles. The van der Waals surface area contributed by atoms with Crippen molar-refractivity contribution in [1.82, 2.24) is 0 Å². The Morgan fingerprint density at radius 3 is 2.50 bits per heavy atom. The Kier molecular flexibility index (Phi) is 2.86. The highest BCUT2D eigenvalue weighted by Crippen LogP contribution is 2.41. The number of rotatable bonds is 2. The maximum absolute atomic E-state index is 10.3. The van der Waals surface area contributed by atoms with E-state index in [0.29, 0.717) is 24.0 Å². The molecule has 1 heterocycles. The largest absolute Gasteiger partial charge is 0.496 e. The second-order valence-electron chi connectivity index (χ2n) is 4.23. The molecule has 1 aromatic carbocycles. The number of ether oxygens (including phenoxy) is 2. The first-order valence-electron chi connectivity index (χ1n) is 5.14. The summed E-state index contributed by atoms with van der Waals surface area (Å²) >= 11 is 6.19. The third kappa shape index (κ3) is 1.59. The van der Waals surface area contributed by atoms with Crippen molar-refractivity contribution < 1.29 is 14.6 Å². The van der Waals surface area contributed by atoms with E-state index in [2.05, 4.69) is 0 Å². The molecule has 88 valence electrons. The Labute approximate surface area is 99.9 Å². The molecule has 1 aromatic rings. The van der Waals surface area contributed by atoms with Crippen molar-refractivity contribution in [3.05, 3.63) is 27.8 Å². The number of aryl methyl sites for hydroxylation is 1. The van der Waals surface area contributed by atoms with Crippen molar-refractivity contribution in [2.24, 2.45) is 0 Å². The van der Waals surface area contributed by atoms with Crippen LogP contribution in [0, 0.1) is 13.8 Å². The highest BCUT2D eigenvalue weighted by molar-refractivity contribution is 6.32. The lowest BCUT2D eigenvalue weighted by Crippen LogP contribution is -2.47. The predicted octanol–water partition coefficient (Wildman–Crippen LogP) is 2.18. The zero-order valence-corrected chi connectivity index (χ0v) is 10.4. The summed E-state index contributed by atoms with van der Waals surface area (Å²) < 4.78 is 10.4. The van der Waals surface area contributed by atoms with Gasteiger partial charge in [0.2, 0.25) is 0 Å². The molecule has 0 aromatic heterocycles. The highest BCUT2D eigenvalue weighted by Gasteiger charge is 2.42. The van der Waals surface area contributed by atoms with Crippen LogP contribution < -0.4 is 4.74 Å². The molecule has 0 unspecified atom stereocenters. The van der Waals surface area contributed by atoms with E-state index in [-0.39, 0.29) is 0 Å². The van der Waals surface area contributed by atoms with Gasteiger partial charge in [0.1, 0.15) is 11.4 Å². The molecule has 0 spiro atoms. The average molecular weight is 243 g/mol. The summed E-state index contributed by atoms with van der Waals surface area (Å²) in [6, 6.07) is 1.85. The molecule has 16 heavy (non-hydrogen) atoms. The molecule has 0 atom stereocenters. The van der Waals surface area contributed by atoms with Crippen molar-refractivity contribution in [2.75, 3.05) is 20.3 Å². The fraction of sp³-hybridized carbons (Fsp3) is 0.500. The topological polar surface area (TPSA) is 38.7 Å². The Bertz CT molecular complexity index is 425. The molecule has 4 heteroatoms. The van der Waals surface area contributed by atoms with Crippen LogP contribution in [0.1, 0.15) is 16.7 Å². The summed E-state index contributed by atoms with van der Waals surface area (Å²) in [5, 5.41) is 11.0. The molecule has 0 bridgehead atoms. The van der Waals surface area contributed by atoms with Crippen LogP contribution in [0.5, 0.6) is 5.75 Å². The Morgan fingerprint density at radius 2 is 2.06 bits per heavy atom. The molecule has 1 saturated heterocycles. The van der Waals surface area contributed by atoms with Gasteiger partial charge in [-0.05, 0) is 31.0 Å². The number of methoxy groups -OCH3 is 1. The number of aliphatic hydroxyl groups is 1. The average Bonchev–Trinajstić information content (AvgIpc) is 2.22. The van der Waals surface area contributed by atoms with Gasteiger partial charge in [-0.15, -0.1) is 0 Å². The number of benzene rings is 1. The first kappa shape index (κ1) is 11.7. The monoisotopic (exact) mass is 242 g/mol. The lowest BCUT2D eigenvalue weighted by Gasteiger charge is -2.38. The van der Waals surface area contributed by atoms with Crippen molar-refractivity contribution in [3.8, 4) is 5.75 Å². The van der Waals surface area contributed by atoms with E-state index >= 15 is 0 Å². The minimum Gasteiger partial charge on any atom is -0.496 e. The van der Waals surface area contributed by atoms with Gasteiger partial charge in [-0.2, -0.15) is 0 Å². The molecular weight excluding hydrogens is 228 g/mol. The summed E-state index contributed by atoms with van der Waals surface area (Å²) in [6.07, 6.45) is 0. The molecule has 1 N–H and O–H groups in total. The number of hydrogen-bond acceptors (Lipinski definition) is 3. The van der Waals surface area contributed by atoms with E-state index in [4.69, 9.17) is 21.1 Å². The zero-order valence-electron chi connectivity index (χ0n) is 9.63. The van der Waals surface area contributed by atoms with E-state index in [1.165, 1.54) is 0 Å². The quantitative estimate of drug-likeness (QED) is 0.864. The van der Waals surface area contributed by atoms with Gasteiger partial charge in [0.25, 0.3) is 0 Å². The Hall–Kier alpha value is -0.770. The second-order valence-corrected chi connectivity index (χ2v) is 4.61. The van der Waals surface area contributed by atoms with Crippen LogP contribution in [0.3, 0.4) is 0 Å².